The Morgan fingerprint density at radius 2 is 2.19 bits per heavy atom. The molecule has 2 rings (SSSR count). The smallest absolute Gasteiger partial charge is 0.309 e. The van der Waals surface area contributed by atoms with Gasteiger partial charge in [-0.2, -0.15) is 13.2 Å². The predicted molar refractivity (Wildman–Crippen MR) is 81.4 cm³/mol. The molecule has 1 aromatic carbocycles. The molecule has 1 nitrogen and oxygen atoms in total. The molecule has 116 valence electrons. The quantitative estimate of drug-likeness (QED) is 0.771. The molecule has 0 saturated carbocycles. The van der Waals surface area contributed by atoms with E-state index in [0.29, 0.717) is 4.90 Å². The Morgan fingerprint density at radius 1 is 1.43 bits per heavy atom. The molecule has 1 aliphatic rings. The minimum Gasteiger partial charge on any atom is -0.309 e. The molecule has 1 aromatic rings. The van der Waals surface area contributed by atoms with Crippen molar-refractivity contribution < 1.29 is 13.2 Å². The fourth-order valence-electron chi connectivity index (χ4n) is 2.40. The first-order chi connectivity index (χ1) is 9.91. The zero-order valence-electron chi connectivity index (χ0n) is 12.3. The van der Waals surface area contributed by atoms with Crippen LogP contribution in [0.1, 0.15) is 37.3 Å². The van der Waals surface area contributed by atoms with Crippen LogP contribution in [0.15, 0.2) is 34.1 Å². The van der Waals surface area contributed by atoms with Crippen LogP contribution in [-0.4, -0.2) is 12.6 Å². The van der Waals surface area contributed by atoms with Crippen molar-refractivity contribution in [1.29, 1.82) is 0 Å². The molecule has 1 unspecified atom stereocenters. The number of rotatable bonds is 4. The fraction of sp³-hybridized carbons (Fsp3) is 0.500. The van der Waals surface area contributed by atoms with Gasteiger partial charge in [-0.3, -0.25) is 0 Å². The predicted octanol–water partition coefficient (Wildman–Crippen LogP) is 5.15. The first-order valence-corrected chi connectivity index (χ1v) is 8.02. The molecule has 1 saturated heterocycles. The molecule has 0 aromatic heterocycles. The highest BCUT2D eigenvalue weighted by molar-refractivity contribution is 8.03. The number of hydrogen-bond acceptors (Lipinski definition) is 2. The van der Waals surface area contributed by atoms with E-state index >= 15 is 0 Å². The SMILES string of the molecule is CC/C=C(/Sc1cc(C(F)(F)F)ccc1C)C1CCCN1. The Hall–Kier alpha value is -0.940. The van der Waals surface area contributed by atoms with E-state index in [1.165, 1.54) is 17.8 Å². The van der Waals surface area contributed by atoms with Gasteiger partial charge in [0.25, 0.3) is 0 Å². The van der Waals surface area contributed by atoms with Crippen molar-refractivity contribution in [3.05, 3.63) is 40.3 Å². The van der Waals surface area contributed by atoms with Crippen molar-refractivity contribution in [2.24, 2.45) is 0 Å². The monoisotopic (exact) mass is 315 g/mol. The second-order valence-electron chi connectivity index (χ2n) is 5.24. The first kappa shape index (κ1) is 16.4. The van der Waals surface area contributed by atoms with Gasteiger partial charge in [0.05, 0.1) is 5.56 Å². The van der Waals surface area contributed by atoms with Crippen LogP contribution in [0.25, 0.3) is 0 Å². The highest BCUT2D eigenvalue weighted by atomic mass is 32.2. The second kappa shape index (κ2) is 6.88. The number of alkyl halides is 3. The summed E-state index contributed by atoms with van der Waals surface area (Å²) in [6.45, 7) is 4.89. The van der Waals surface area contributed by atoms with Gasteiger partial charge in [0.1, 0.15) is 0 Å². The van der Waals surface area contributed by atoms with Gasteiger partial charge < -0.3 is 5.32 Å². The summed E-state index contributed by atoms with van der Waals surface area (Å²) in [6, 6.07) is 4.25. The van der Waals surface area contributed by atoms with Crippen molar-refractivity contribution in [3.63, 3.8) is 0 Å². The van der Waals surface area contributed by atoms with Crippen LogP contribution < -0.4 is 5.32 Å². The third kappa shape index (κ3) is 4.27. The minimum absolute atomic E-state index is 0.281. The van der Waals surface area contributed by atoms with Crippen LogP contribution in [0.5, 0.6) is 0 Å². The third-order valence-corrected chi connectivity index (χ3v) is 4.90. The number of aryl methyl sites for hydroxylation is 1. The van der Waals surface area contributed by atoms with Crippen molar-refractivity contribution in [3.8, 4) is 0 Å². The molecule has 21 heavy (non-hydrogen) atoms. The van der Waals surface area contributed by atoms with Gasteiger partial charge in [-0.15, -0.1) is 0 Å². The number of allylic oxidation sites excluding steroid dienone is 1. The van der Waals surface area contributed by atoms with E-state index in [-0.39, 0.29) is 6.04 Å². The number of hydrogen-bond donors (Lipinski definition) is 1. The van der Waals surface area contributed by atoms with E-state index in [1.54, 1.807) is 6.07 Å². The molecule has 1 fully saturated rings. The molecular formula is C16H20F3NS. The standard InChI is InChI=1S/C16H20F3NS/c1-3-5-14(13-6-4-9-20-13)21-15-10-12(16(17,18)19)8-7-11(15)2/h5,7-8,10,13,20H,3-4,6,9H2,1-2H3/b14-5+. The van der Waals surface area contributed by atoms with Gasteiger partial charge in [0, 0.05) is 15.8 Å². The maximum atomic E-state index is 12.8. The largest absolute Gasteiger partial charge is 0.416 e. The van der Waals surface area contributed by atoms with Crippen LogP contribution in [0.2, 0.25) is 0 Å². The Bertz CT molecular complexity index is 517. The van der Waals surface area contributed by atoms with Crippen molar-refractivity contribution in [2.45, 2.75) is 50.2 Å². The Morgan fingerprint density at radius 3 is 2.76 bits per heavy atom. The van der Waals surface area contributed by atoms with Gasteiger partial charge in [0.2, 0.25) is 0 Å². The van der Waals surface area contributed by atoms with Gasteiger partial charge in [0.15, 0.2) is 0 Å². The summed E-state index contributed by atoms with van der Waals surface area (Å²) in [5.74, 6) is 0. The molecule has 1 heterocycles. The maximum absolute atomic E-state index is 12.8. The lowest BCUT2D eigenvalue weighted by atomic mass is 10.1. The van der Waals surface area contributed by atoms with E-state index in [2.05, 4.69) is 18.3 Å². The van der Waals surface area contributed by atoms with E-state index in [4.69, 9.17) is 0 Å². The summed E-state index contributed by atoms with van der Waals surface area (Å²) >= 11 is 1.47. The lowest BCUT2D eigenvalue weighted by Gasteiger charge is -2.17. The van der Waals surface area contributed by atoms with Crippen LogP contribution >= 0.6 is 11.8 Å². The molecular weight excluding hydrogens is 295 g/mol. The topological polar surface area (TPSA) is 12.0 Å². The maximum Gasteiger partial charge on any atom is 0.416 e. The highest BCUT2D eigenvalue weighted by Gasteiger charge is 2.31. The molecule has 0 spiro atoms. The van der Waals surface area contributed by atoms with Crippen LogP contribution in [0, 0.1) is 6.92 Å². The average molecular weight is 315 g/mol. The molecule has 5 heteroatoms. The van der Waals surface area contributed by atoms with Crippen LogP contribution in [-0.2, 0) is 6.18 Å². The van der Waals surface area contributed by atoms with E-state index < -0.39 is 11.7 Å². The summed E-state index contributed by atoms with van der Waals surface area (Å²) in [7, 11) is 0. The van der Waals surface area contributed by atoms with Crippen molar-refractivity contribution >= 4 is 11.8 Å². The molecule has 1 atom stereocenters. The number of thioether (sulfide) groups is 1. The molecule has 0 radical (unpaired) electrons. The normalized spacial score (nSPS) is 20.0. The average Bonchev–Trinajstić information content (AvgIpc) is 2.93. The van der Waals surface area contributed by atoms with E-state index in [1.807, 2.05) is 6.92 Å². The zero-order valence-corrected chi connectivity index (χ0v) is 13.1. The molecule has 0 amide bonds. The summed E-state index contributed by atoms with van der Waals surface area (Å²) in [6.07, 6.45) is 0.889. The second-order valence-corrected chi connectivity index (χ2v) is 6.36. The van der Waals surface area contributed by atoms with Gasteiger partial charge in [-0.05, 0) is 50.4 Å². The number of halogens is 3. The lowest BCUT2D eigenvalue weighted by molar-refractivity contribution is -0.137. The summed E-state index contributed by atoms with van der Waals surface area (Å²) in [4.78, 5) is 1.83. The van der Waals surface area contributed by atoms with Crippen LogP contribution in [0.3, 0.4) is 0 Å². The number of benzene rings is 1. The lowest BCUT2D eigenvalue weighted by Crippen LogP contribution is -2.22. The first-order valence-electron chi connectivity index (χ1n) is 7.21. The third-order valence-electron chi connectivity index (χ3n) is 3.55. The molecule has 0 aliphatic carbocycles. The van der Waals surface area contributed by atoms with Gasteiger partial charge in [-0.1, -0.05) is 30.8 Å². The summed E-state index contributed by atoms with van der Waals surface area (Å²) < 4.78 is 38.5. The molecule has 1 N–H and O–H groups in total. The minimum atomic E-state index is -4.29. The Kier molecular flexibility index (Phi) is 5.38. The van der Waals surface area contributed by atoms with Crippen molar-refractivity contribution in [1.82, 2.24) is 5.32 Å². The summed E-state index contributed by atoms with van der Waals surface area (Å²) in [5, 5.41) is 3.41. The van der Waals surface area contributed by atoms with E-state index in [0.717, 1.165) is 42.3 Å². The number of nitrogens with one attached hydrogen (secondary N) is 1. The van der Waals surface area contributed by atoms with E-state index in [9.17, 15) is 13.2 Å². The highest BCUT2D eigenvalue weighted by Crippen LogP contribution is 2.38. The van der Waals surface area contributed by atoms with Gasteiger partial charge in [-0.25, -0.2) is 0 Å². The molecule has 0 bridgehead atoms. The Labute approximate surface area is 128 Å². The zero-order chi connectivity index (χ0) is 15.5. The van der Waals surface area contributed by atoms with Crippen molar-refractivity contribution in [2.75, 3.05) is 6.54 Å². The van der Waals surface area contributed by atoms with Gasteiger partial charge >= 0.3 is 6.18 Å². The van der Waals surface area contributed by atoms with Crippen LogP contribution in [0.4, 0.5) is 13.2 Å². The fourth-order valence-corrected chi connectivity index (χ4v) is 3.66. The molecule has 1 aliphatic heterocycles. The Balaban J connectivity index is 2.25. The summed E-state index contributed by atoms with van der Waals surface area (Å²) in [5.41, 5.74) is 0.304.